The molecule has 90 valence electrons. The maximum Gasteiger partial charge on any atom is 0.164 e. The Bertz CT molecular complexity index is 337. The van der Waals surface area contributed by atoms with Crippen LogP contribution in [0.15, 0.2) is 18.2 Å². The molecule has 1 atom stereocenters. The summed E-state index contributed by atoms with van der Waals surface area (Å²) in [6.07, 6.45) is 0. The van der Waals surface area contributed by atoms with Crippen LogP contribution in [0.1, 0.15) is 25.3 Å². The third-order valence-electron chi connectivity index (χ3n) is 2.89. The Morgan fingerprint density at radius 2 is 1.88 bits per heavy atom. The second kappa shape index (κ2) is 5.75. The second-order valence-corrected chi connectivity index (χ2v) is 4.17. The molecule has 0 bridgehead atoms. The second-order valence-electron chi connectivity index (χ2n) is 4.17. The van der Waals surface area contributed by atoms with Crippen molar-refractivity contribution in [3.8, 4) is 11.5 Å². The van der Waals surface area contributed by atoms with Crippen LogP contribution in [-0.2, 0) is 0 Å². The molecule has 0 saturated carbocycles. The monoisotopic (exact) mass is 223 g/mol. The van der Waals surface area contributed by atoms with Crippen molar-refractivity contribution in [1.29, 1.82) is 0 Å². The maximum atomic E-state index is 5.82. The fraction of sp³-hybridized carbons (Fsp3) is 0.538. The van der Waals surface area contributed by atoms with Crippen molar-refractivity contribution >= 4 is 0 Å². The van der Waals surface area contributed by atoms with Crippen molar-refractivity contribution in [3.63, 3.8) is 0 Å². The van der Waals surface area contributed by atoms with Gasteiger partial charge in [-0.1, -0.05) is 26.0 Å². The SMILES string of the molecule is COc1cccc(C(CN)C(C)C)c1OC. The number of para-hydroxylation sites is 1. The van der Waals surface area contributed by atoms with E-state index in [1.165, 1.54) is 0 Å². The zero-order valence-electron chi connectivity index (χ0n) is 10.5. The first-order valence-electron chi connectivity index (χ1n) is 5.56. The summed E-state index contributed by atoms with van der Waals surface area (Å²) >= 11 is 0. The summed E-state index contributed by atoms with van der Waals surface area (Å²) in [5, 5.41) is 0. The molecule has 16 heavy (non-hydrogen) atoms. The van der Waals surface area contributed by atoms with Crippen molar-refractivity contribution in [2.24, 2.45) is 11.7 Å². The molecule has 1 unspecified atom stereocenters. The minimum Gasteiger partial charge on any atom is -0.493 e. The largest absolute Gasteiger partial charge is 0.493 e. The lowest BCUT2D eigenvalue weighted by Crippen LogP contribution is -2.18. The summed E-state index contributed by atoms with van der Waals surface area (Å²) < 4.78 is 10.7. The third-order valence-corrected chi connectivity index (χ3v) is 2.89. The van der Waals surface area contributed by atoms with Gasteiger partial charge in [0, 0.05) is 11.5 Å². The zero-order chi connectivity index (χ0) is 12.1. The van der Waals surface area contributed by atoms with Gasteiger partial charge in [0.25, 0.3) is 0 Å². The first-order valence-corrected chi connectivity index (χ1v) is 5.56. The van der Waals surface area contributed by atoms with Crippen LogP contribution in [-0.4, -0.2) is 20.8 Å². The molecule has 0 aromatic heterocycles. The van der Waals surface area contributed by atoms with E-state index in [1.807, 2.05) is 12.1 Å². The van der Waals surface area contributed by atoms with Crippen molar-refractivity contribution in [1.82, 2.24) is 0 Å². The molecule has 3 nitrogen and oxygen atoms in total. The van der Waals surface area contributed by atoms with E-state index in [9.17, 15) is 0 Å². The highest BCUT2D eigenvalue weighted by Crippen LogP contribution is 2.37. The lowest BCUT2D eigenvalue weighted by Gasteiger charge is -2.22. The summed E-state index contributed by atoms with van der Waals surface area (Å²) in [7, 11) is 3.31. The summed E-state index contributed by atoms with van der Waals surface area (Å²) in [6.45, 7) is 4.94. The number of hydrogen-bond donors (Lipinski definition) is 1. The van der Waals surface area contributed by atoms with Crippen LogP contribution >= 0.6 is 0 Å². The van der Waals surface area contributed by atoms with Crippen LogP contribution in [0.3, 0.4) is 0 Å². The molecule has 1 aromatic rings. The highest BCUT2D eigenvalue weighted by molar-refractivity contribution is 5.48. The molecule has 1 aromatic carbocycles. The van der Waals surface area contributed by atoms with E-state index in [1.54, 1.807) is 14.2 Å². The van der Waals surface area contributed by atoms with Gasteiger partial charge < -0.3 is 15.2 Å². The van der Waals surface area contributed by atoms with Crippen molar-refractivity contribution in [2.45, 2.75) is 19.8 Å². The van der Waals surface area contributed by atoms with Crippen molar-refractivity contribution < 1.29 is 9.47 Å². The van der Waals surface area contributed by atoms with Crippen LogP contribution in [0.2, 0.25) is 0 Å². The molecule has 0 amide bonds. The summed E-state index contributed by atoms with van der Waals surface area (Å²) in [6, 6.07) is 5.93. The summed E-state index contributed by atoms with van der Waals surface area (Å²) in [4.78, 5) is 0. The van der Waals surface area contributed by atoms with Crippen molar-refractivity contribution in [2.75, 3.05) is 20.8 Å². The topological polar surface area (TPSA) is 44.5 Å². The van der Waals surface area contributed by atoms with E-state index >= 15 is 0 Å². The molecular formula is C13H21NO2. The molecule has 3 heteroatoms. The maximum absolute atomic E-state index is 5.82. The number of methoxy groups -OCH3 is 2. The van der Waals surface area contributed by atoms with Crippen LogP contribution in [0.25, 0.3) is 0 Å². The average molecular weight is 223 g/mol. The highest BCUT2D eigenvalue weighted by atomic mass is 16.5. The Morgan fingerprint density at radius 1 is 1.19 bits per heavy atom. The van der Waals surface area contributed by atoms with E-state index in [0.717, 1.165) is 17.1 Å². The molecule has 0 aliphatic carbocycles. The van der Waals surface area contributed by atoms with Gasteiger partial charge in [-0.25, -0.2) is 0 Å². The predicted molar refractivity (Wildman–Crippen MR) is 66.2 cm³/mol. The molecule has 0 aliphatic rings. The molecule has 2 N–H and O–H groups in total. The Morgan fingerprint density at radius 3 is 2.31 bits per heavy atom. The lowest BCUT2D eigenvalue weighted by molar-refractivity contribution is 0.345. The van der Waals surface area contributed by atoms with Gasteiger partial charge in [-0.3, -0.25) is 0 Å². The number of hydrogen-bond acceptors (Lipinski definition) is 3. The van der Waals surface area contributed by atoms with E-state index < -0.39 is 0 Å². The van der Waals surface area contributed by atoms with Crippen LogP contribution in [0.4, 0.5) is 0 Å². The standard InChI is InChI=1S/C13H21NO2/c1-9(2)11(8-14)10-6-5-7-12(15-3)13(10)16-4/h5-7,9,11H,8,14H2,1-4H3. The van der Waals surface area contributed by atoms with Gasteiger partial charge in [-0.05, 0) is 18.5 Å². The zero-order valence-corrected chi connectivity index (χ0v) is 10.5. The van der Waals surface area contributed by atoms with Gasteiger partial charge in [-0.2, -0.15) is 0 Å². The minimum absolute atomic E-state index is 0.296. The lowest BCUT2D eigenvalue weighted by atomic mass is 9.88. The quantitative estimate of drug-likeness (QED) is 0.833. The van der Waals surface area contributed by atoms with Crippen LogP contribution < -0.4 is 15.2 Å². The van der Waals surface area contributed by atoms with Gasteiger partial charge in [0.2, 0.25) is 0 Å². The van der Waals surface area contributed by atoms with Gasteiger partial charge in [0.1, 0.15) is 0 Å². The highest BCUT2D eigenvalue weighted by Gasteiger charge is 2.20. The van der Waals surface area contributed by atoms with Crippen molar-refractivity contribution in [3.05, 3.63) is 23.8 Å². The first-order chi connectivity index (χ1) is 7.65. The van der Waals surface area contributed by atoms with Gasteiger partial charge in [0.15, 0.2) is 11.5 Å². The van der Waals surface area contributed by atoms with Gasteiger partial charge in [-0.15, -0.1) is 0 Å². The number of nitrogens with two attached hydrogens (primary N) is 1. The number of rotatable bonds is 5. The molecule has 0 radical (unpaired) electrons. The Balaban J connectivity index is 3.20. The molecule has 0 spiro atoms. The van der Waals surface area contributed by atoms with E-state index in [-0.39, 0.29) is 0 Å². The average Bonchev–Trinajstić information content (AvgIpc) is 2.29. The van der Waals surface area contributed by atoms with Gasteiger partial charge in [0.05, 0.1) is 14.2 Å². The smallest absolute Gasteiger partial charge is 0.164 e. The summed E-state index contributed by atoms with van der Waals surface area (Å²) in [5.41, 5.74) is 6.95. The molecule has 0 heterocycles. The molecule has 0 saturated heterocycles. The predicted octanol–water partition coefficient (Wildman–Crippen LogP) is 2.40. The minimum atomic E-state index is 0.296. The molecule has 0 fully saturated rings. The Kier molecular flexibility index (Phi) is 4.62. The van der Waals surface area contributed by atoms with E-state index in [2.05, 4.69) is 19.9 Å². The van der Waals surface area contributed by atoms with E-state index in [4.69, 9.17) is 15.2 Å². The Hall–Kier alpha value is -1.22. The van der Waals surface area contributed by atoms with E-state index in [0.29, 0.717) is 18.4 Å². The Labute approximate surface area is 97.6 Å². The fourth-order valence-corrected chi connectivity index (χ4v) is 1.96. The fourth-order valence-electron chi connectivity index (χ4n) is 1.96. The number of benzene rings is 1. The molecule has 0 aliphatic heterocycles. The third kappa shape index (κ3) is 2.47. The normalized spacial score (nSPS) is 12.6. The molecular weight excluding hydrogens is 202 g/mol. The molecule has 1 rings (SSSR count). The first kappa shape index (κ1) is 12.8. The van der Waals surface area contributed by atoms with Crippen LogP contribution in [0.5, 0.6) is 11.5 Å². The van der Waals surface area contributed by atoms with Gasteiger partial charge >= 0.3 is 0 Å². The summed E-state index contributed by atoms with van der Waals surface area (Å²) in [5.74, 6) is 2.34. The van der Waals surface area contributed by atoms with Crippen LogP contribution in [0, 0.1) is 5.92 Å². The number of ether oxygens (including phenoxy) is 2.